The van der Waals surface area contributed by atoms with Gasteiger partial charge < -0.3 is 15.0 Å². The number of amides is 2. The Labute approximate surface area is 201 Å². The summed E-state index contributed by atoms with van der Waals surface area (Å²) in [6, 6.07) is 15.3. The minimum atomic E-state index is -3.81. The molecule has 1 saturated carbocycles. The second-order valence-electron chi connectivity index (χ2n) is 8.61. The molecule has 0 spiro atoms. The molecule has 9 heteroatoms. The van der Waals surface area contributed by atoms with Crippen LogP contribution in [-0.2, 0) is 26.2 Å². The van der Waals surface area contributed by atoms with Gasteiger partial charge in [-0.1, -0.05) is 55.3 Å². The molecule has 1 fully saturated rings. The van der Waals surface area contributed by atoms with Crippen molar-refractivity contribution in [3.63, 3.8) is 0 Å². The lowest BCUT2D eigenvalue weighted by Crippen LogP contribution is -2.52. The second kappa shape index (κ2) is 11.4. The number of nitrogens with zero attached hydrogens (tertiary/aromatic N) is 2. The van der Waals surface area contributed by atoms with Gasteiger partial charge >= 0.3 is 0 Å². The SMILES string of the molecule is COc1ccccc1N(CC(=O)N(Cc1ccccc1)[C@H](C)C(=O)NC1CCCC1)S(C)(=O)=O. The van der Waals surface area contributed by atoms with Crippen molar-refractivity contribution in [3.8, 4) is 5.75 Å². The zero-order valence-electron chi connectivity index (χ0n) is 19.9. The molecule has 34 heavy (non-hydrogen) atoms. The average Bonchev–Trinajstić information content (AvgIpc) is 3.33. The highest BCUT2D eigenvalue weighted by Crippen LogP contribution is 2.29. The molecule has 1 aliphatic rings. The predicted molar refractivity (Wildman–Crippen MR) is 132 cm³/mol. The largest absolute Gasteiger partial charge is 0.495 e. The fourth-order valence-electron chi connectivity index (χ4n) is 4.19. The lowest BCUT2D eigenvalue weighted by molar-refractivity contribution is -0.139. The van der Waals surface area contributed by atoms with Gasteiger partial charge in [-0.05, 0) is 37.5 Å². The van der Waals surface area contributed by atoms with E-state index in [9.17, 15) is 18.0 Å². The fraction of sp³-hybridized carbons (Fsp3) is 0.440. The summed E-state index contributed by atoms with van der Waals surface area (Å²) in [5, 5.41) is 3.05. The highest BCUT2D eigenvalue weighted by molar-refractivity contribution is 7.92. The highest BCUT2D eigenvalue weighted by Gasteiger charge is 2.32. The van der Waals surface area contributed by atoms with Crippen LogP contribution < -0.4 is 14.4 Å². The molecule has 2 aromatic rings. The number of rotatable bonds is 10. The van der Waals surface area contributed by atoms with Gasteiger partial charge in [0.2, 0.25) is 21.8 Å². The van der Waals surface area contributed by atoms with Crippen LogP contribution >= 0.6 is 0 Å². The monoisotopic (exact) mass is 487 g/mol. The first-order valence-electron chi connectivity index (χ1n) is 11.4. The Morgan fingerprint density at radius 1 is 1.06 bits per heavy atom. The van der Waals surface area contributed by atoms with Crippen molar-refractivity contribution in [2.24, 2.45) is 0 Å². The van der Waals surface area contributed by atoms with Crippen molar-refractivity contribution in [3.05, 3.63) is 60.2 Å². The number of hydrogen-bond acceptors (Lipinski definition) is 5. The lowest BCUT2D eigenvalue weighted by Gasteiger charge is -2.32. The maximum absolute atomic E-state index is 13.6. The molecule has 3 rings (SSSR count). The van der Waals surface area contributed by atoms with Crippen molar-refractivity contribution in [2.45, 2.75) is 51.2 Å². The molecular formula is C25H33N3O5S. The van der Waals surface area contributed by atoms with Crippen LogP contribution in [0, 0.1) is 0 Å². The molecule has 0 aromatic heterocycles. The van der Waals surface area contributed by atoms with Crippen LogP contribution in [0.3, 0.4) is 0 Å². The predicted octanol–water partition coefficient (Wildman–Crippen LogP) is 2.94. The molecule has 8 nitrogen and oxygen atoms in total. The summed E-state index contributed by atoms with van der Waals surface area (Å²) in [6.45, 7) is 1.41. The van der Waals surface area contributed by atoms with E-state index in [0.29, 0.717) is 5.75 Å². The van der Waals surface area contributed by atoms with Crippen molar-refractivity contribution in [1.82, 2.24) is 10.2 Å². The summed E-state index contributed by atoms with van der Waals surface area (Å²) in [5.74, 6) is -0.379. The fourth-order valence-corrected chi connectivity index (χ4v) is 5.04. The van der Waals surface area contributed by atoms with Crippen LogP contribution in [0.4, 0.5) is 5.69 Å². The smallest absolute Gasteiger partial charge is 0.244 e. The van der Waals surface area contributed by atoms with Gasteiger partial charge in [-0.25, -0.2) is 8.42 Å². The van der Waals surface area contributed by atoms with Crippen LogP contribution in [0.5, 0.6) is 5.75 Å². The normalized spacial score (nSPS) is 14.9. The number of nitrogens with one attached hydrogen (secondary N) is 1. The van der Waals surface area contributed by atoms with Crippen LogP contribution in [0.25, 0.3) is 0 Å². The van der Waals surface area contributed by atoms with Gasteiger partial charge in [0.05, 0.1) is 19.1 Å². The lowest BCUT2D eigenvalue weighted by atomic mass is 10.1. The van der Waals surface area contributed by atoms with E-state index >= 15 is 0 Å². The molecule has 184 valence electrons. The molecule has 0 aliphatic heterocycles. The zero-order chi connectivity index (χ0) is 24.7. The van der Waals surface area contributed by atoms with Gasteiger partial charge in [-0.3, -0.25) is 13.9 Å². The summed E-state index contributed by atoms with van der Waals surface area (Å²) in [5.41, 5.74) is 1.11. The molecule has 1 aliphatic carbocycles. The van der Waals surface area contributed by atoms with Crippen LogP contribution in [-0.4, -0.2) is 57.1 Å². The molecule has 0 saturated heterocycles. The Morgan fingerprint density at radius 3 is 2.29 bits per heavy atom. The molecule has 0 heterocycles. The van der Waals surface area contributed by atoms with Crippen LogP contribution in [0.15, 0.2) is 54.6 Å². The molecule has 1 N–H and O–H groups in total. The van der Waals surface area contributed by atoms with Crippen molar-refractivity contribution >= 4 is 27.5 Å². The van der Waals surface area contributed by atoms with E-state index in [1.54, 1.807) is 31.2 Å². The van der Waals surface area contributed by atoms with Crippen molar-refractivity contribution in [1.29, 1.82) is 0 Å². The first-order valence-corrected chi connectivity index (χ1v) is 13.3. The number of benzene rings is 2. The van der Waals surface area contributed by atoms with Gasteiger partial charge in [0, 0.05) is 12.6 Å². The molecule has 2 aromatic carbocycles. The topological polar surface area (TPSA) is 96.0 Å². The van der Waals surface area contributed by atoms with E-state index in [1.165, 1.54) is 12.0 Å². The third kappa shape index (κ3) is 6.50. The number of methoxy groups -OCH3 is 1. The summed E-state index contributed by atoms with van der Waals surface area (Å²) < 4.78 is 31.7. The maximum Gasteiger partial charge on any atom is 0.244 e. The van der Waals surface area contributed by atoms with Crippen molar-refractivity contribution in [2.75, 3.05) is 24.2 Å². The van der Waals surface area contributed by atoms with Crippen molar-refractivity contribution < 1.29 is 22.7 Å². The zero-order valence-corrected chi connectivity index (χ0v) is 20.8. The summed E-state index contributed by atoms with van der Waals surface area (Å²) in [4.78, 5) is 28.0. The quantitative estimate of drug-likeness (QED) is 0.556. The van der Waals surface area contributed by atoms with Crippen LogP contribution in [0.1, 0.15) is 38.2 Å². The average molecular weight is 488 g/mol. The third-order valence-corrected chi connectivity index (χ3v) is 7.22. The second-order valence-corrected chi connectivity index (χ2v) is 10.5. The van der Waals surface area contributed by atoms with Crippen LogP contribution in [0.2, 0.25) is 0 Å². The number of anilines is 1. The van der Waals surface area contributed by atoms with E-state index in [1.807, 2.05) is 30.3 Å². The Hall–Kier alpha value is -3.07. The molecule has 2 amide bonds. The van der Waals surface area contributed by atoms with Gasteiger partial charge in [-0.2, -0.15) is 0 Å². The molecular weight excluding hydrogens is 454 g/mol. The van der Waals surface area contributed by atoms with Gasteiger partial charge in [0.15, 0.2) is 0 Å². The summed E-state index contributed by atoms with van der Waals surface area (Å²) in [6.07, 6.45) is 5.06. The Morgan fingerprint density at radius 2 is 1.68 bits per heavy atom. The minimum Gasteiger partial charge on any atom is -0.495 e. The number of para-hydroxylation sites is 2. The Balaban J connectivity index is 1.88. The molecule has 1 atom stereocenters. The van der Waals surface area contributed by atoms with Gasteiger partial charge in [0.25, 0.3) is 0 Å². The molecule has 0 radical (unpaired) electrons. The minimum absolute atomic E-state index is 0.115. The summed E-state index contributed by atoms with van der Waals surface area (Å²) in [7, 11) is -2.37. The number of carbonyl (C=O) groups is 2. The number of ether oxygens (including phenoxy) is 1. The van der Waals surface area contributed by atoms with Gasteiger partial charge in [-0.15, -0.1) is 0 Å². The number of hydrogen-bond donors (Lipinski definition) is 1. The first kappa shape index (κ1) is 25.6. The van der Waals surface area contributed by atoms with Gasteiger partial charge in [0.1, 0.15) is 18.3 Å². The van der Waals surface area contributed by atoms with E-state index in [2.05, 4.69) is 5.32 Å². The third-order valence-electron chi connectivity index (χ3n) is 6.10. The molecule has 0 bridgehead atoms. The Bertz CT molecular complexity index is 1080. The van der Waals surface area contributed by atoms with E-state index in [4.69, 9.17) is 4.74 Å². The molecule has 0 unspecified atom stereocenters. The number of carbonyl (C=O) groups excluding carboxylic acids is 2. The summed E-state index contributed by atoms with van der Waals surface area (Å²) >= 11 is 0. The number of sulfonamides is 1. The standard InChI is InChI=1S/C25H33N3O5S/c1-19(25(30)26-21-13-7-8-14-21)27(17-20-11-5-4-6-12-20)24(29)18-28(34(3,31)32)22-15-9-10-16-23(22)33-2/h4-6,9-12,15-16,19,21H,7-8,13-14,17-18H2,1-3H3,(H,26,30)/t19-/m1/s1. The van der Waals surface area contributed by atoms with E-state index < -0.39 is 28.5 Å². The maximum atomic E-state index is 13.6. The van der Waals surface area contributed by atoms with E-state index in [-0.39, 0.29) is 24.2 Å². The first-order chi connectivity index (χ1) is 16.2. The van der Waals surface area contributed by atoms with E-state index in [0.717, 1.165) is 41.8 Å². The highest BCUT2D eigenvalue weighted by atomic mass is 32.2. The Kier molecular flexibility index (Phi) is 8.55.